The lowest BCUT2D eigenvalue weighted by atomic mass is 9.99. The maximum Gasteiger partial charge on any atom is 0.0694 e. The summed E-state index contributed by atoms with van der Waals surface area (Å²) in [4.78, 5) is 0. The molecule has 1 saturated heterocycles. The van der Waals surface area contributed by atoms with Crippen molar-refractivity contribution in [3.05, 3.63) is 68.8 Å². The fraction of sp³-hybridized carbons (Fsp3) is 0.571. The van der Waals surface area contributed by atoms with Crippen LogP contribution in [0.25, 0.3) is 0 Å². The van der Waals surface area contributed by atoms with Gasteiger partial charge in [-0.05, 0) is 108 Å². The smallest absolute Gasteiger partial charge is 0.0619 e. The first kappa shape index (κ1) is 19.6. The molecule has 154 valence electrons. The fourth-order valence-electron chi connectivity index (χ4n) is 8.20. The van der Waals surface area contributed by atoms with Gasteiger partial charge in [-0.3, -0.25) is 0 Å². The summed E-state index contributed by atoms with van der Waals surface area (Å²) < 4.78 is 0. The summed E-state index contributed by atoms with van der Waals surface area (Å²) in [6, 6.07) is 12.8. The molecular formula is C28H38Si. The van der Waals surface area contributed by atoms with E-state index >= 15 is 0 Å². The molecular weight excluding hydrogens is 364 g/mol. The highest BCUT2D eigenvalue weighted by Gasteiger charge is 2.57. The number of aryl methyl sites for hydroxylation is 4. The van der Waals surface area contributed by atoms with Crippen molar-refractivity contribution in [1.82, 2.24) is 0 Å². The van der Waals surface area contributed by atoms with E-state index in [1.807, 2.05) is 11.1 Å². The predicted molar refractivity (Wildman–Crippen MR) is 128 cm³/mol. The van der Waals surface area contributed by atoms with Gasteiger partial charge in [0.15, 0.2) is 0 Å². The number of benzene rings is 2. The third-order valence-electron chi connectivity index (χ3n) is 9.20. The normalized spacial score (nSPS) is 29.9. The molecule has 0 saturated carbocycles. The average Bonchev–Trinajstić information content (AvgIpc) is 3.37. The van der Waals surface area contributed by atoms with E-state index in [4.69, 9.17) is 0 Å². The zero-order valence-electron chi connectivity index (χ0n) is 19.4. The van der Waals surface area contributed by atoms with Crippen LogP contribution >= 0.6 is 0 Å². The van der Waals surface area contributed by atoms with E-state index < -0.39 is 8.07 Å². The maximum absolute atomic E-state index is 2.60. The Hall–Kier alpha value is -1.34. The van der Waals surface area contributed by atoms with Crippen LogP contribution < -0.4 is 0 Å². The van der Waals surface area contributed by atoms with Gasteiger partial charge in [0.05, 0.1) is 8.07 Å². The molecule has 0 N–H and O–H groups in total. The van der Waals surface area contributed by atoms with E-state index in [0.717, 1.165) is 22.9 Å². The first-order valence-corrected chi connectivity index (χ1v) is 14.6. The molecule has 3 aliphatic rings. The minimum Gasteiger partial charge on any atom is -0.0619 e. The highest BCUT2D eigenvalue weighted by molar-refractivity contribution is 6.83. The molecule has 0 nitrogen and oxygen atoms in total. The summed E-state index contributed by atoms with van der Waals surface area (Å²) in [5.74, 6) is 1.66. The van der Waals surface area contributed by atoms with Gasteiger partial charge in [0.1, 0.15) is 0 Å². The first-order chi connectivity index (χ1) is 13.8. The second kappa shape index (κ2) is 6.84. The summed E-state index contributed by atoms with van der Waals surface area (Å²) in [6.45, 7) is 14.7. The van der Waals surface area contributed by atoms with Crippen LogP contribution in [0.2, 0.25) is 12.1 Å². The van der Waals surface area contributed by atoms with Crippen LogP contribution in [0.5, 0.6) is 0 Å². The van der Waals surface area contributed by atoms with E-state index in [2.05, 4.69) is 65.8 Å². The molecule has 4 atom stereocenters. The topological polar surface area (TPSA) is 0 Å². The van der Waals surface area contributed by atoms with Gasteiger partial charge in [-0.2, -0.15) is 0 Å². The molecule has 2 aromatic rings. The molecule has 5 rings (SSSR count). The van der Waals surface area contributed by atoms with Crippen LogP contribution in [0, 0.1) is 39.5 Å². The van der Waals surface area contributed by atoms with Crippen molar-refractivity contribution < 1.29 is 0 Å². The van der Waals surface area contributed by atoms with E-state index in [1.165, 1.54) is 25.7 Å². The van der Waals surface area contributed by atoms with Gasteiger partial charge in [0.2, 0.25) is 0 Å². The van der Waals surface area contributed by atoms with E-state index in [1.54, 1.807) is 45.5 Å². The van der Waals surface area contributed by atoms with Gasteiger partial charge < -0.3 is 0 Å². The van der Waals surface area contributed by atoms with Crippen molar-refractivity contribution in [1.29, 1.82) is 0 Å². The number of hydrogen-bond acceptors (Lipinski definition) is 0. The molecule has 0 amide bonds. The largest absolute Gasteiger partial charge is 0.0694 e. The lowest BCUT2D eigenvalue weighted by Gasteiger charge is -2.45. The molecule has 2 aliphatic carbocycles. The molecule has 1 heterocycles. The second-order valence-electron chi connectivity index (χ2n) is 10.9. The van der Waals surface area contributed by atoms with Crippen molar-refractivity contribution in [3.8, 4) is 0 Å². The van der Waals surface area contributed by atoms with Crippen LogP contribution in [0.1, 0.15) is 82.3 Å². The molecule has 4 unspecified atom stereocenters. The molecule has 1 fully saturated rings. The highest BCUT2D eigenvalue weighted by Crippen LogP contribution is 2.60. The Kier molecular flexibility index (Phi) is 4.62. The zero-order chi connectivity index (χ0) is 20.5. The molecule has 29 heavy (non-hydrogen) atoms. The number of fused-ring (bicyclic) bond motifs is 2. The minimum atomic E-state index is -1.50. The molecule has 2 aromatic carbocycles. The maximum atomic E-state index is 2.60. The van der Waals surface area contributed by atoms with Crippen molar-refractivity contribution in [2.24, 2.45) is 11.8 Å². The standard InChI is InChI=1S/C28H38Si/c1-17-9-11-19(3)25-23(17)15-21(5)27(25)29(13-7-8-14-29)28-22(6)16-24-18(2)10-12-20(4)26(24)28/h9-12,21-22,27-28H,7-8,13-16H2,1-6H3. The van der Waals surface area contributed by atoms with Gasteiger partial charge in [0, 0.05) is 0 Å². The van der Waals surface area contributed by atoms with Crippen LogP contribution in [0.15, 0.2) is 24.3 Å². The van der Waals surface area contributed by atoms with Crippen LogP contribution in [-0.4, -0.2) is 8.07 Å². The summed E-state index contributed by atoms with van der Waals surface area (Å²) in [5.41, 5.74) is 15.1. The minimum absolute atomic E-state index is 0.830. The Morgan fingerprint density at radius 1 is 0.621 bits per heavy atom. The second-order valence-corrected chi connectivity index (χ2v) is 15.7. The highest BCUT2D eigenvalue weighted by atomic mass is 28.3. The summed E-state index contributed by atoms with van der Waals surface area (Å²) in [6.07, 6.45) is 5.62. The van der Waals surface area contributed by atoms with Gasteiger partial charge >= 0.3 is 0 Å². The van der Waals surface area contributed by atoms with Crippen molar-refractivity contribution in [3.63, 3.8) is 0 Å². The number of hydrogen-bond donors (Lipinski definition) is 0. The Labute approximate surface area is 179 Å². The molecule has 1 heteroatoms. The van der Waals surface area contributed by atoms with E-state index in [-0.39, 0.29) is 0 Å². The lowest BCUT2D eigenvalue weighted by molar-refractivity contribution is 0.537. The summed E-state index contributed by atoms with van der Waals surface area (Å²) in [7, 11) is -1.50. The quantitative estimate of drug-likeness (QED) is 0.456. The molecule has 1 aliphatic heterocycles. The Morgan fingerprint density at radius 3 is 1.41 bits per heavy atom. The van der Waals surface area contributed by atoms with Gasteiger partial charge in [-0.1, -0.05) is 63.0 Å². The molecule has 0 radical (unpaired) electrons. The van der Waals surface area contributed by atoms with Gasteiger partial charge in [-0.25, -0.2) is 0 Å². The molecule has 0 aromatic heterocycles. The zero-order valence-corrected chi connectivity index (χ0v) is 20.4. The SMILES string of the molecule is Cc1ccc(C)c2c1CC(C)C2[Si]1(C2c3c(C)ccc(C)c3CC2C)CCCC1. The Morgan fingerprint density at radius 2 is 1.00 bits per heavy atom. The fourth-order valence-corrected chi connectivity index (χ4v) is 16.3. The third-order valence-corrected chi connectivity index (χ3v) is 16.0. The molecule has 0 bridgehead atoms. The number of rotatable bonds is 2. The average molecular weight is 403 g/mol. The lowest BCUT2D eigenvalue weighted by Crippen LogP contribution is -2.48. The van der Waals surface area contributed by atoms with Crippen LogP contribution in [0.4, 0.5) is 0 Å². The van der Waals surface area contributed by atoms with Gasteiger partial charge in [-0.15, -0.1) is 0 Å². The summed E-state index contributed by atoms with van der Waals surface area (Å²) >= 11 is 0. The van der Waals surface area contributed by atoms with Gasteiger partial charge in [0.25, 0.3) is 0 Å². The predicted octanol–water partition coefficient (Wildman–Crippen LogP) is 7.49. The summed E-state index contributed by atoms with van der Waals surface area (Å²) in [5, 5.41) is 0. The molecule has 0 spiro atoms. The van der Waals surface area contributed by atoms with Crippen molar-refractivity contribution >= 4 is 8.07 Å². The third kappa shape index (κ3) is 2.69. The van der Waals surface area contributed by atoms with Crippen LogP contribution in [0.3, 0.4) is 0 Å². The van der Waals surface area contributed by atoms with Crippen molar-refractivity contribution in [2.45, 2.75) is 90.4 Å². The monoisotopic (exact) mass is 402 g/mol. The van der Waals surface area contributed by atoms with E-state index in [9.17, 15) is 0 Å². The Balaban J connectivity index is 1.73. The Bertz CT molecular complexity index is 889. The van der Waals surface area contributed by atoms with Crippen LogP contribution in [-0.2, 0) is 12.8 Å². The first-order valence-electron chi connectivity index (χ1n) is 12.0. The van der Waals surface area contributed by atoms with Crippen molar-refractivity contribution in [2.75, 3.05) is 0 Å². The van der Waals surface area contributed by atoms with E-state index in [0.29, 0.717) is 0 Å².